The van der Waals surface area contributed by atoms with Gasteiger partial charge in [-0.3, -0.25) is 0 Å². The van der Waals surface area contributed by atoms with E-state index in [9.17, 15) is 0 Å². The molecule has 0 aliphatic heterocycles. The number of aryl methyl sites for hydroxylation is 1. The van der Waals surface area contributed by atoms with Crippen LogP contribution in [0, 0.1) is 18.8 Å². The van der Waals surface area contributed by atoms with Crippen molar-refractivity contribution in [2.24, 2.45) is 17.6 Å². The number of rotatable bonds is 3. The smallest absolute Gasteiger partial charge is 0.0457 e. The molecule has 3 unspecified atom stereocenters. The summed E-state index contributed by atoms with van der Waals surface area (Å²) >= 11 is 0. The molecule has 1 aliphatic carbocycles. The maximum absolute atomic E-state index is 6.16. The summed E-state index contributed by atoms with van der Waals surface area (Å²) in [5, 5.41) is 1.37. The number of nitrogens with one attached hydrogen (secondary N) is 1. The monoisotopic (exact) mass is 270 g/mol. The first-order chi connectivity index (χ1) is 9.69. The lowest BCUT2D eigenvalue weighted by Gasteiger charge is -2.32. The molecule has 0 saturated heterocycles. The Morgan fingerprint density at radius 3 is 2.95 bits per heavy atom. The Morgan fingerprint density at radius 2 is 2.20 bits per heavy atom. The number of H-pyrrole nitrogens is 1. The van der Waals surface area contributed by atoms with Gasteiger partial charge in [-0.1, -0.05) is 31.4 Å². The Kier molecular flexibility index (Phi) is 3.84. The maximum atomic E-state index is 6.16. The third kappa shape index (κ3) is 2.49. The molecule has 2 nitrogen and oxygen atoms in total. The predicted octanol–water partition coefficient (Wildman–Crippen LogP) is 4.34. The minimum Gasteiger partial charge on any atom is -0.361 e. The number of fused-ring (bicyclic) bond motifs is 1. The number of hydrogen-bond donors (Lipinski definition) is 2. The average Bonchev–Trinajstić information content (AvgIpc) is 2.83. The topological polar surface area (TPSA) is 41.8 Å². The first kappa shape index (κ1) is 13.7. The predicted molar refractivity (Wildman–Crippen MR) is 86.0 cm³/mol. The number of aromatic amines is 1. The SMILES string of the molecule is Cc1ccc2[nH]cc(C(CN)C3CCCC(C)C3)c2c1. The van der Waals surface area contributed by atoms with Crippen molar-refractivity contribution in [3.8, 4) is 0 Å². The summed E-state index contributed by atoms with van der Waals surface area (Å²) in [6.45, 7) is 5.31. The van der Waals surface area contributed by atoms with Crippen LogP contribution in [0.25, 0.3) is 10.9 Å². The molecule has 0 radical (unpaired) electrons. The second-order valence-electron chi connectivity index (χ2n) is 6.67. The lowest BCUT2D eigenvalue weighted by atomic mass is 9.73. The molecule has 0 spiro atoms. The van der Waals surface area contributed by atoms with Gasteiger partial charge in [-0.25, -0.2) is 0 Å². The largest absolute Gasteiger partial charge is 0.361 e. The van der Waals surface area contributed by atoms with E-state index in [0.29, 0.717) is 5.92 Å². The van der Waals surface area contributed by atoms with Crippen molar-refractivity contribution in [2.75, 3.05) is 6.54 Å². The number of hydrogen-bond acceptors (Lipinski definition) is 1. The van der Waals surface area contributed by atoms with Crippen LogP contribution in [0.1, 0.15) is 49.7 Å². The summed E-state index contributed by atoms with van der Waals surface area (Å²) in [6.07, 6.45) is 7.62. The summed E-state index contributed by atoms with van der Waals surface area (Å²) < 4.78 is 0. The highest BCUT2D eigenvalue weighted by molar-refractivity contribution is 5.84. The Hall–Kier alpha value is -1.28. The summed E-state index contributed by atoms with van der Waals surface area (Å²) in [4.78, 5) is 3.42. The first-order valence-electron chi connectivity index (χ1n) is 7.96. The van der Waals surface area contributed by atoms with Crippen LogP contribution >= 0.6 is 0 Å². The van der Waals surface area contributed by atoms with Crippen LogP contribution in [0.15, 0.2) is 24.4 Å². The molecule has 1 heterocycles. The van der Waals surface area contributed by atoms with Crippen molar-refractivity contribution in [1.82, 2.24) is 4.98 Å². The molecule has 0 amide bonds. The fourth-order valence-corrected chi connectivity index (χ4v) is 3.98. The van der Waals surface area contributed by atoms with E-state index < -0.39 is 0 Å². The number of benzene rings is 1. The molecule has 1 fully saturated rings. The van der Waals surface area contributed by atoms with E-state index in [0.717, 1.165) is 18.4 Å². The van der Waals surface area contributed by atoms with Crippen LogP contribution < -0.4 is 5.73 Å². The molecular weight excluding hydrogens is 244 g/mol. The van der Waals surface area contributed by atoms with Gasteiger partial charge in [0.2, 0.25) is 0 Å². The lowest BCUT2D eigenvalue weighted by molar-refractivity contribution is 0.248. The Bertz CT molecular complexity index is 584. The zero-order valence-corrected chi connectivity index (χ0v) is 12.7. The standard InChI is InChI=1S/C18H26N2/c1-12-4-3-5-14(8-12)16(10-19)17-11-20-18-7-6-13(2)9-15(17)18/h6-7,9,11-12,14,16,20H,3-5,8,10,19H2,1-2H3. The fourth-order valence-electron chi connectivity index (χ4n) is 3.98. The van der Waals surface area contributed by atoms with Gasteiger partial charge in [0.25, 0.3) is 0 Å². The van der Waals surface area contributed by atoms with Gasteiger partial charge in [-0.15, -0.1) is 0 Å². The maximum Gasteiger partial charge on any atom is 0.0457 e. The summed E-state index contributed by atoms with van der Waals surface area (Å²) in [7, 11) is 0. The van der Waals surface area contributed by atoms with Gasteiger partial charge in [-0.05, 0) is 55.8 Å². The van der Waals surface area contributed by atoms with E-state index >= 15 is 0 Å². The van der Waals surface area contributed by atoms with Gasteiger partial charge in [0.15, 0.2) is 0 Å². The Labute approximate surface area is 121 Å². The van der Waals surface area contributed by atoms with Crippen molar-refractivity contribution >= 4 is 10.9 Å². The van der Waals surface area contributed by atoms with E-state index in [1.807, 2.05) is 0 Å². The van der Waals surface area contributed by atoms with Crippen LogP contribution in [-0.2, 0) is 0 Å². The highest BCUT2D eigenvalue weighted by Crippen LogP contribution is 2.40. The molecule has 1 aliphatic rings. The third-order valence-corrected chi connectivity index (χ3v) is 5.07. The molecule has 20 heavy (non-hydrogen) atoms. The van der Waals surface area contributed by atoms with Crippen LogP contribution in [-0.4, -0.2) is 11.5 Å². The van der Waals surface area contributed by atoms with Crippen LogP contribution in [0.5, 0.6) is 0 Å². The first-order valence-corrected chi connectivity index (χ1v) is 7.96. The normalized spacial score (nSPS) is 24.9. The summed E-state index contributed by atoms with van der Waals surface area (Å²) in [6, 6.07) is 6.66. The molecular formula is C18H26N2. The molecule has 2 aromatic rings. The summed E-state index contributed by atoms with van der Waals surface area (Å²) in [5.41, 5.74) is 10.2. The molecule has 108 valence electrons. The fraction of sp³-hybridized carbons (Fsp3) is 0.556. The van der Waals surface area contributed by atoms with Crippen molar-refractivity contribution in [3.63, 3.8) is 0 Å². The Balaban J connectivity index is 1.96. The van der Waals surface area contributed by atoms with Gasteiger partial charge in [0.05, 0.1) is 0 Å². The van der Waals surface area contributed by atoms with E-state index in [1.165, 1.54) is 47.7 Å². The van der Waals surface area contributed by atoms with E-state index in [4.69, 9.17) is 5.73 Å². The van der Waals surface area contributed by atoms with Crippen LogP contribution in [0.3, 0.4) is 0 Å². The molecule has 0 bridgehead atoms. The van der Waals surface area contributed by atoms with E-state index in [-0.39, 0.29) is 0 Å². The molecule has 1 aromatic heterocycles. The quantitative estimate of drug-likeness (QED) is 0.855. The molecule has 1 saturated carbocycles. The minimum absolute atomic E-state index is 0.508. The van der Waals surface area contributed by atoms with Gasteiger partial charge < -0.3 is 10.7 Å². The second kappa shape index (κ2) is 5.61. The van der Waals surface area contributed by atoms with Crippen molar-refractivity contribution < 1.29 is 0 Å². The van der Waals surface area contributed by atoms with Crippen molar-refractivity contribution in [2.45, 2.75) is 45.4 Å². The molecule has 3 N–H and O–H groups in total. The zero-order valence-electron chi connectivity index (χ0n) is 12.7. The van der Waals surface area contributed by atoms with Crippen LogP contribution in [0.4, 0.5) is 0 Å². The van der Waals surface area contributed by atoms with Crippen molar-refractivity contribution in [3.05, 3.63) is 35.5 Å². The van der Waals surface area contributed by atoms with Crippen LogP contribution in [0.2, 0.25) is 0 Å². The average molecular weight is 270 g/mol. The summed E-state index contributed by atoms with van der Waals surface area (Å²) in [5.74, 6) is 2.12. The second-order valence-corrected chi connectivity index (χ2v) is 6.67. The highest BCUT2D eigenvalue weighted by Gasteiger charge is 2.28. The Morgan fingerprint density at radius 1 is 1.35 bits per heavy atom. The molecule has 3 atom stereocenters. The lowest BCUT2D eigenvalue weighted by Crippen LogP contribution is -2.25. The minimum atomic E-state index is 0.508. The molecule has 2 heteroatoms. The zero-order chi connectivity index (χ0) is 14.1. The number of nitrogens with two attached hydrogens (primary N) is 1. The van der Waals surface area contributed by atoms with Gasteiger partial charge in [0.1, 0.15) is 0 Å². The molecule has 3 rings (SSSR count). The van der Waals surface area contributed by atoms with E-state index in [1.54, 1.807) is 0 Å². The third-order valence-electron chi connectivity index (χ3n) is 5.07. The van der Waals surface area contributed by atoms with Gasteiger partial charge >= 0.3 is 0 Å². The number of aromatic nitrogens is 1. The van der Waals surface area contributed by atoms with Crippen molar-refractivity contribution in [1.29, 1.82) is 0 Å². The highest BCUT2D eigenvalue weighted by atomic mass is 14.7. The van der Waals surface area contributed by atoms with Gasteiger partial charge in [0, 0.05) is 23.0 Å². The molecule has 1 aromatic carbocycles. The van der Waals surface area contributed by atoms with Gasteiger partial charge in [-0.2, -0.15) is 0 Å². The van der Waals surface area contributed by atoms with E-state index in [2.05, 4.69) is 43.2 Å².